The number of halogens is 1. The predicted molar refractivity (Wildman–Crippen MR) is 143 cm³/mol. The first kappa shape index (κ1) is 25.4. The largest absolute Gasteiger partial charge is 0.533 e. The minimum Gasteiger partial charge on any atom is -0.490 e. The number of carbonyl (C=O) groups excluding carboxylic acids is 1. The van der Waals surface area contributed by atoms with E-state index in [-0.39, 0.29) is 12.0 Å². The van der Waals surface area contributed by atoms with E-state index in [4.69, 9.17) is 25.9 Å². The molecule has 0 unspecified atom stereocenters. The smallest absolute Gasteiger partial charge is 0.490 e. The van der Waals surface area contributed by atoms with E-state index in [2.05, 4.69) is 28.2 Å². The van der Waals surface area contributed by atoms with Crippen LogP contribution in [0.15, 0.2) is 45.6 Å². The van der Waals surface area contributed by atoms with E-state index in [1.807, 2.05) is 24.3 Å². The monoisotopic (exact) mass is 524 g/mol. The van der Waals surface area contributed by atoms with Crippen molar-refractivity contribution in [1.29, 1.82) is 0 Å². The summed E-state index contributed by atoms with van der Waals surface area (Å²) in [6.07, 6.45) is 6.86. The van der Waals surface area contributed by atoms with Crippen molar-refractivity contribution in [3.05, 3.63) is 57.2 Å². The fourth-order valence-corrected chi connectivity index (χ4v) is 5.23. The van der Waals surface area contributed by atoms with Gasteiger partial charge in [0, 0.05) is 16.5 Å². The number of ether oxygens (including phenoxy) is 2. The van der Waals surface area contributed by atoms with E-state index in [1.54, 1.807) is 26.8 Å². The maximum absolute atomic E-state index is 12.5. The van der Waals surface area contributed by atoms with Gasteiger partial charge in [0.15, 0.2) is 0 Å². The fraction of sp³-hybridized carbons (Fsp3) is 0.464. The first-order chi connectivity index (χ1) is 17.7. The van der Waals surface area contributed by atoms with Crippen molar-refractivity contribution >= 4 is 35.2 Å². The molecule has 0 radical (unpaired) electrons. The lowest BCUT2D eigenvalue weighted by molar-refractivity contribution is -0.0116. The third kappa shape index (κ3) is 5.69. The molecule has 1 fully saturated rings. The number of hydrogen-bond acceptors (Lipinski definition) is 7. The minimum absolute atomic E-state index is 0.188. The number of allylic oxidation sites excluding steroid dienone is 1. The number of benzene rings is 1. The van der Waals surface area contributed by atoms with Crippen LogP contribution in [0.3, 0.4) is 0 Å². The van der Waals surface area contributed by atoms with Crippen LogP contribution in [0.2, 0.25) is 0 Å². The Bertz CT molecular complexity index is 1360. The molecule has 1 aromatic heterocycles. The van der Waals surface area contributed by atoms with E-state index < -0.39 is 11.8 Å². The van der Waals surface area contributed by atoms with Crippen molar-refractivity contribution in [2.75, 3.05) is 11.6 Å². The first-order valence-electron chi connectivity index (χ1n) is 12.8. The molecular formula is C28H33ClN4O4. The lowest BCUT2D eigenvalue weighted by Crippen LogP contribution is -2.34. The van der Waals surface area contributed by atoms with E-state index in [1.165, 1.54) is 5.06 Å². The Morgan fingerprint density at radius 2 is 1.92 bits per heavy atom. The van der Waals surface area contributed by atoms with E-state index >= 15 is 0 Å². The molecule has 1 aliphatic carbocycles. The molecule has 1 saturated carbocycles. The summed E-state index contributed by atoms with van der Waals surface area (Å²) in [5.74, 6) is 1.21. The molecule has 196 valence electrons. The summed E-state index contributed by atoms with van der Waals surface area (Å²) < 4.78 is 11.7. The summed E-state index contributed by atoms with van der Waals surface area (Å²) in [5, 5.41) is 12.8. The molecule has 3 heterocycles. The van der Waals surface area contributed by atoms with Gasteiger partial charge in [0.05, 0.1) is 35.6 Å². The molecule has 9 heteroatoms. The summed E-state index contributed by atoms with van der Waals surface area (Å²) in [7, 11) is 0. The molecule has 0 amide bonds. The maximum atomic E-state index is 12.5. The number of para-hydroxylation sites is 1. The summed E-state index contributed by atoms with van der Waals surface area (Å²) in [6, 6.07) is 8.14. The van der Waals surface area contributed by atoms with E-state index in [0.29, 0.717) is 18.1 Å². The highest BCUT2D eigenvalue weighted by Crippen LogP contribution is 2.35. The van der Waals surface area contributed by atoms with Gasteiger partial charge >= 0.3 is 6.16 Å². The summed E-state index contributed by atoms with van der Waals surface area (Å²) in [6.45, 7) is 8.15. The number of hydrogen-bond donors (Lipinski definition) is 1. The Balaban J connectivity index is 1.41. The number of rotatable bonds is 4. The zero-order chi connectivity index (χ0) is 26.2. The number of H-pyrrole nitrogens is 1. The molecule has 2 aromatic rings. The number of hydroxylamine groups is 1. The van der Waals surface area contributed by atoms with Crippen LogP contribution in [0.1, 0.15) is 57.6 Å². The molecule has 2 aliphatic heterocycles. The number of nitrogens with zero attached hydrogens (tertiary/aromatic N) is 3. The van der Waals surface area contributed by atoms with Gasteiger partial charge in [0.1, 0.15) is 17.0 Å². The second-order valence-electron chi connectivity index (χ2n) is 10.7. The van der Waals surface area contributed by atoms with Crippen LogP contribution in [0.5, 0.6) is 5.75 Å². The summed E-state index contributed by atoms with van der Waals surface area (Å²) in [5.41, 5.74) is 3.10. The van der Waals surface area contributed by atoms with Crippen LogP contribution in [0.25, 0.3) is 11.8 Å². The molecule has 0 bridgehead atoms. The Morgan fingerprint density at radius 1 is 1.16 bits per heavy atom. The molecule has 5 rings (SSSR count). The zero-order valence-corrected chi connectivity index (χ0v) is 22.5. The normalized spacial score (nSPS) is 21.3. The van der Waals surface area contributed by atoms with Gasteiger partial charge in [-0.05, 0) is 77.2 Å². The highest BCUT2D eigenvalue weighted by Gasteiger charge is 2.31. The SMILES string of the molecule is Cc1ccccc1O[C@H]1CC[C@H](C2=c3[nH]c4c(c3CN=N2)N(OC(=O)OC(C)(C)C)CC=C(Cl)C=4)CC1. The van der Waals surface area contributed by atoms with E-state index in [0.717, 1.165) is 64.6 Å². The van der Waals surface area contributed by atoms with Crippen molar-refractivity contribution in [2.24, 2.45) is 16.1 Å². The van der Waals surface area contributed by atoms with Gasteiger partial charge in [-0.15, -0.1) is 0 Å². The average molecular weight is 525 g/mol. The highest BCUT2D eigenvalue weighted by atomic mass is 35.5. The van der Waals surface area contributed by atoms with Crippen LogP contribution in [0, 0.1) is 12.8 Å². The molecule has 0 saturated heterocycles. The summed E-state index contributed by atoms with van der Waals surface area (Å²) in [4.78, 5) is 21.6. The Morgan fingerprint density at radius 3 is 2.65 bits per heavy atom. The standard InChI is InChI=1S/C28H33ClN4O4/c1-17-7-5-6-8-23(17)35-20-11-9-18(10-12-20)24-25-21(16-30-32-24)26-22(31-25)15-19(29)13-14-33(26)37-27(34)36-28(2,3)4/h5-8,13,15,18,20,31H,9-12,14,16H2,1-4H3/t18-,20-. The zero-order valence-electron chi connectivity index (χ0n) is 21.7. The van der Waals surface area contributed by atoms with E-state index in [9.17, 15) is 4.79 Å². The lowest BCUT2D eigenvalue weighted by atomic mass is 9.84. The summed E-state index contributed by atoms with van der Waals surface area (Å²) >= 11 is 6.42. The molecular weight excluding hydrogens is 492 g/mol. The number of aromatic nitrogens is 1. The van der Waals surface area contributed by atoms with Crippen LogP contribution < -0.4 is 20.5 Å². The number of aromatic amines is 1. The number of nitrogens with one attached hydrogen (secondary N) is 1. The van der Waals surface area contributed by atoms with Crippen molar-refractivity contribution in [3.8, 4) is 5.75 Å². The first-order valence-corrected chi connectivity index (χ1v) is 13.2. The van der Waals surface area contributed by atoms with Crippen molar-refractivity contribution in [3.63, 3.8) is 0 Å². The molecule has 3 aliphatic rings. The predicted octanol–water partition coefficient (Wildman–Crippen LogP) is 5.62. The third-order valence-corrected chi connectivity index (χ3v) is 7.04. The van der Waals surface area contributed by atoms with Crippen molar-refractivity contribution in [1.82, 2.24) is 4.98 Å². The topological polar surface area (TPSA) is 88.5 Å². The van der Waals surface area contributed by atoms with Crippen molar-refractivity contribution < 1.29 is 19.1 Å². The molecule has 37 heavy (non-hydrogen) atoms. The minimum atomic E-state index is -0.770. The highest BCUT2D eigenvalue weighted by molar-refractivity contribution is 6.34. The van der Waals surface area contributed by atoms with Gasteiger partial charge in [-0.2, -0.15) is 15.3 Å². The van der Waals surface area contributed by atoms with Gasteiger partial charge in [-0.3, -0.25) is 0 Å². The van der Waals surface area contributed by atoms with Gasteiger partial charge < -0.3 is 19.3 Å². The molecule has 0 spiro atoms. The lowest BCUT2D eigenvalue weighted by Gasteiger charge is -2.30. The molecule has 0 atom stereocenters. The molecule has 8 nitrogen and oxygen atoms in total. The number of anilines is 1. The number of azo groups is 1. The Labute approximate surface area is 221 Å². The van der Waals surface area contributed by atoms with Gasteiger partial charge in [0.25, 0.3) is 0 Å². The molecule has 1 aromatic carbocycles. The van der Waals surface area contributed by atoms with Gasteiger partial charge in [-0.25, -0.2) is 4.79 Å². The van der Waals surface area contributed by atoms with Crippen LogP contribution in [-0.4, -0.2) is 29.4 Å². The quantitative estimate of drug-likeness (QED) is 0.524. The fourth-order valence-electron chi connectivity index (χ4n) is 5.05. The number of fused-ring (bicyclic) bond motifs is 3. The van der Waals surface area contributed by atoms with Crippen LogP contribution >= 0.6 is 11.6 Å². The second-order valence-corrected chi connectivity index (χ2v) is 11.2. The Hall–Kier alpha value is -3.26. The third-order valence-electron chi connectivity index (χ3n) is 6.77. The maximum Gasteiger partial charge on any atom is 0.533 e. The Kier molecular flexibility index (Phi) is 7.03. The number of aryl methyl sites for hydroxylation is 1. The van der Waals surface area contributed by atoms with Crippen LogP contribution in [-0.2, 0) is 16.1 Å². The van der Waals surface area contributed by atoms with Crippen LogP contribution in [0.4, 0.5) is 10.5 Å². The number of carbonyl (C=O) groups is 1. The average Bonchev–Trinajstić information content (AvgIpc) is 3.12. The van der Waals surface area contributed by atoms with Crippen molar-refractivity contribution in [2.45, 2.75) is 71.6 Å². The molecule has 1 N–H and O–H groups in total. The van der Waals surface area contributed by atoms with Gasteiger partial charge in [-0.1, -0.05) is 29.8 Å². The van der Waals surface area contributed by atoms with Gasteiger partial charge in [0.2, 0.25) is 0 Å². The second kappa shape index (κ2) is 10.2.